The first kappa shape index (κ1) is 11.7. The second kappa shape index (κ2) is 5.47. The Balaban J connectivity index is 2.64. The van der Waals surface area contributed by atoms with Gasteiger partial charge in [-0.05, 0) is 26.7 Å². The Morgan fingerprint density at radius 3 is 2.14 bits per heavy atom. The van der Waals surface area contributed by atoms with Crippen molar-refractivity contribution in [2.45, 2.75) is 45.3 Å². The highest BCUT2D eigenvalue weighted by molar-refractivity contribution is 5.51. The zero-order chi connectivity index (χ0) is 10.4. The van der Waals surface area contributed by atoms with E-state index in [1.807, 2.05) is 13.8 Å². The first-order valence-corrected chi connectivity index (χ1v) is 5.50. The van der Waals surface area contributed by atoms with E-state index in [9.17, 15) is 4.79 Å². The van der Waals surface area contributed by atoms with Crippen LogP contribution in [0.5, 0.6) is 0 Å². The van der Waals surface area contributed by atoms with Gasteiger partial charge in [-0.25, -0.2) is 0 Å². The molecule has 0 bridgehead atoms. The molecule has 0 atom stereocenters. The van der Waals surface area contributed by atoms with Crippen molar-refractivity contribution in [1.29, 1.82) is 0 Å². The Labute approximate surface area is 85.8 Å². The molecule has 14 heavy (non-hydrogen) atoms. The molecule has 1 fully saturated rings. The van der Waals surface area contributed by atoms with E-state index in [-0.39, 0.29) is 0 Å². The molecule has 0 aromatic rings. The highest BCUT2D eigenvalue weighted by Gasteiger charge is 2.43. The summed E-state index contributed by atoms with van der Waals surface area (Å²) in [7, 11) is 0. The Hall–Kier alpha value is -0.410. The zero-order valence-electron chi connectivity index (χ0n) is 9.12. The van der Waals surface area contributed by atoms with Crippen molar-refractivity contribution in [2.75, 3.05) is 13.2 Å². The van der Waals surface area contributed by atoms with E-state index in [0.717, 1.165) is 19.1 Å². The molecule has 0 amide bonds. The van der Waals surface area contributed by atoms with Gasteiger partial charge in [0.2, 0.25) is 0 Å². The summed E-state index contributed by atoms with van der Waals surface area (Å²) < 4.78 is 11.3. The fraction of sp³-hybridized carbons (Fsp3) is 0.909. The summed E-state index contributed by atoms with van der Waals surface area (Å²) in [6, 6.07) is 0. The number of carbonyl (C=O) groups excluding carboxylic acids is 1. The van der Waals surface area contributed by atoms with Crippen molar-refractivity contribution in [1.82, 2.24) is 0 Å². The van der Waals surface area contributed by atoms with Gasteiger partial charge in [0.15, 0.2) is 5.79 Å². The van der Waals surface area contributed by atoms with Crippen molar-refractivity contribution >= 4 is 6.29 Å². The number of carbonyl (C=O) groups is 1. The van der Waals surface area contributed by atoms with E-state index in [1.54, 1.807) is 0 Å². The smallest absolute Gasteiger partial charge is 0.177 e. The molecule has 3 heteroatoms. The lowest BCUT2D eigenvalue weighted by atomic mass is 9.77. The fourth-order valence-electron chi connectivity index (χ4n) is 2.01. The lowest BCUT2D eigenvalue weighted by Crippen LogP contribution is -2.47. The SMILES string of the molecule is CCOC(CC=O)(OCC)C1CCC1. The third-order valence-corrected chi connectivity index (χ3v) is 2.87. The van der Waals surface area contributed by atoms with Crippen LogP contribution in [0.25, 0.3) is 0 Å². The van der Waals surface area contributed by atoms with Gasteiger partial charge in [0, 0.05) is 19.1 Å². The van der Waals surface area contributed by atoms with Crippen LogP contribution in [0, 0.1) is 5.92 Å². The van der Waals surface area contributed by atoms with Crippen LogP contribution in [-0.4, -0.2) is 25.3 Å². The number of hydrogen-bond donors (Lipinski definition) is 0. The first-order valence-electron chi connectivity index (χ1n) is 5.50. The Kier molecular flexibility index (Phi) is 4.55. The molecule has 3 nitrogen and oxygen atoms in total. The third-order valence-electron chi connectivity index (χ3n) is 2.87. The predicted molar refractivity (Wildman–Crippen MR) is 54.0 cm³/mol. The summed E-state index contributed by atoms with van der Waals surface area (Å²) >= 11 is 0. The Morgan fingerprint density at radius 2 is 1.86 bits per heavy atom. The lowest BCUT2D eigenvalue weighted by molar-refractivity contribution is -0.274. The van der Waals surface area contributed by atoms with Crippen LogP contribution in [-0.2, 0) is 14.3 Å². The van der Waals surface area contributed by atoms with Crippen LogP contribution in [0.3, 0.4) is 0 Å². The zero-order valence-corrected chi connectivity index (χ0v) is 9.12. The molecule has 0 aromatic heterocycles. The summed E-state index contributed by atoms with van der Waals surface area (Å²) in [6.45, 7) is 5.09. The number of rotatable bonds is 7. The van der Waals surface area contributed by atoms with Crippen molar-refractivity contribution in [3.8, 4) is 0 Å². The number of aldehydes is 1. The summed E-state index contributed by atoms with van der Waals surface area (Å²) in [4.78, 5) is 10.7. The molecule has 0 aliphatic heterocycles. The molecule has 1 saturated carbocycles. The molecule has 0 heterocycles. The quantitative estimate of drug-likeness (QED) is 0.466. The monoisotopic (exact) mass is 200 g/mol. The van der Waals surface area contributed by atoms with Gasteiger partial charge in [-0.2, -0.15) is 0 Å². The second-order valence-electron chi connectivity index (χ2n) is 3.68. The maximum atomic E-state index is 10.7. The highest BCUT2D eigenvalue weighted by Crippen LogP contribution is 2.41. The molecule has 0 aromatic carbocycles. The van der Waals surface area contributed by atoms with Crippen molar-refractivity contribution in [3.63, 3.8) is 0 Å². The molecule has 82 valence electrons. The average molecular weight is 200 g/mol. The third kappa shape index (κ3) is 2.34. The van der Waals surface area contributed by atoms with Gasteiger partial charge in [-0.3, -0.25) is 0 Å². The van der Waals surface area contributed by atoms with Crippen LogP contribution in [0.1, 0.15) is 39.5 Å². The number of ether oxygens (including phenoxy) is 2. The van der Waals surface area contributed by atoms with E-state index >= 15 is 0 Å². The Bertz CT molecular complexity index is 169. The largest absolute Gasteiger partial charge is 0.349 e. The van der Waals surface area contributed by atoms with Crippen LogP contribution in [0.2, 0.25) is 0 Å². The van der Waals surface area contributed by atoms with Gasteiger partial charge in [0.1, 0.15) is 6.29 Å². The maximum absolute atomic E-state index is 10.7. The van der Waals surface area contributed by atoms with Crippen molar-refractivity contribution in [3.05, 3.63) is 0 Å². The van der Waals surface area contributed by atoms with Crippen LogP contribution in [0.4, 0.5) is 0 Å². The standard InChI is InChI=1S/C11H20O3/c1-3-13-11(8-9-12,14-4-2)10-6-5-7-10/h9-10H,3-8H2,1-2H3. The topological polar surface area (TPSA) is 35.5 Å². The molecule has 0 N–H and O–H groups in total. The molecule has 1 aliphatic carbocycles. The minimum Gasteiger partial charge on any atom is -0.349 e. The minimum atomic E-state index is -0.622. The highest BCUT2D eigenvalue weighted by atomic mass is 16.7. The fourth-order valence-corrected chi connectivity index (χ4v) is 2.01. The second-order valence-corrected chi connectivity index (χ2v) is 3.68. The van der Waals surface area contributed by atoms with Gasteiger partial charge in [-0.1, -0.05) is 6.42 Å². The summed E-state index contributed by atoms with van der Waals surface area (Å²) in [6.07, 6.45) is 4.73. The molecular formula is C11H20O3. The van der Waals surface area contributed by atoms with Crippen molar-refractivity contribution < 1.29 is 14.3 Å². The normalized spacial score (nSPS) is 17.9. The van der Waals surface area contributed by atoms with E-state index in [0.29, 0.717) is 25.6 Å². The first-order chi connectivity index (χ1) is 6.79. The van der Waals surface area contributed by atoms with Crippen LogP contribution < -0.4 is 0 Å². The molecule has 0 spiro atoms. The van der Waals surface area contributed by atoms with Crippen LogP contribution in [0.15, 0.2) is 0 Å². The van der Waals surface area contributed by atoms with E-state index < -0.39 is 5.79 Å². The lowest BCUT2D eigenvalue weighted by Gasteiger charge is -2.43. The number of hydrogen-bond acceptors (Lipinski definition) is 3. The van der Waals surface area contributed by atoms with Gasteiger partial charge >= 0.3 is 0 Å². The van der Waals surface area contributed by atoms with Gasteiger partial charge in [0.05, 0.1) is 6.42 Å². The minimum absolute atomic E-state index is 0.360. The van der Waals surface area contributed by atoms with Crippen molar-refractivity contribution in [2.24, 2.45) is 5.92 Å². The molecule has 1 rings (SSSR count). The summed E-state index contributed by atoms with van der Waals surface area (Å²) in [5.74, 6) is -0.212. The molecule has 1 aliphatic rings. The summed E-state index contributed by atoms with van der Waals surface area (Å²) in [5.41, 5.74) is 0. The van der Waals surface area contributed by atoms with Gasteiger partial charge in [-0.15, -0.1) is 0 Å². The predicted octanol–water partition coefficient (Wildman–Crippen LogP) is 2.14. The molecule has 0 saturated heterocycles. The van der Waals surface area contributed by atoms with Gasteiger partial charge in [0.25, 0.3) is 0 Å². The van der Waals surface area contributed by atoms with E-state index in [4.69, 9.17) is 9.47 Å². The van der Waals surface area contributed by atoms with E-state index in [1.165, 1.54) is 6.42 Å². The maximum Gasteiger partial charge on any atom is 0.177 e. The van der Waals surface area contributed by atoms with E-state index in [2.05, 4.69) is 0 Å². The summed E-state index contributed by atoms with van der Waals surface area (Å²) in [5, 5.41) is 0. The molecule has 0 radical (unpaired) electrons. The molecular weight excluding hydrogens is 180 g/mol. The van der Waals surface area contributed by atoms with Gasteiger partial charge < -0.3 is 14.3 Å². The average Bonchev–Trinajstić information content (AvgIpc) is 2.02. The molecule has 0 unspecified atom stereocenters. The Morgan fingerprint density at radius 1 is 1.29 bits per heavy atom. The van der Waals surface area contributed by atoms with Crippen LogP contribution >= 0.6 is 0 Å².